The maximum Gasteiger partial charge on any atom is 0.339 e. The molecule has 7 nitrogen and oxygen atoms in total. The quantitative estimate of drug-likeness (QED) is 0.0310. The topological polar surface area (TPSA) is 107 Å². The van der Waals surface area contributed by atoms with E-state index in [0.29, 0.717) is 12.8 Å². The third kappa shape index (κ3) is 28.0. The fraction of sp³-hybridized carbons (Fsp3) is 0.739. The highest BCUT2D eigenvalue weighted by Crippen LogP contribution is 2.20. The zero-order valence-corrected chi connectivity index (χ0v) is 35.3. The minimum Gasteiger partial charge on any atom is -0.462 e. The van der Waals surface area contributed by atoms with Gasteiger partial charge < -0.3 is 9.47 Å². The number of unbranched alkanes of at least 4 members (excludes halogenated alkanes) is 26. The van der Waals surface area contributed by atoms with Gasteiger partial charge in [-0.3, -0.25) is 4.55 Å². The number of hydrogen-bond acceptors (Lipinski definition) is 6. The van der Waals surface area contributed by atoms with Gasteiger partial charge in [-0.2, -0.15) is 8.42 Å². The summed E-state index contributed by atoms with van der Waals surface area (Å²) in [7, 11) is -4.57. The number of carbonyl (C=O) groups is 2. The van der Waals surface area contributed by atoms with Crippen molar-refractivity contribution in [3.8, 4) is 0 Å². The number of esters is 2. The molecular weight excluding hydrogens is 697 g/mol. The highest BCUT2D eigenvalue weighted by molar-refractivity contribution is 7.85. The van der Waals surface area contributed by atoms with Crippen LogP contribution in [0.25, 0.3) is 0 Å². The molecule has 1 aromatic rings. The van der Waals surface area contributed by atoms with E-state index >= 15 is 0 Å². The summed E-state index contributed by atoms with van der Waals surface area (Å²) >= 11 is 0. The van der Waals surface area contributed by atoms with Crippen molar-refractivity contribution in [3.63, 3.8) is 0 Å². The highest BCUT2D eigenvalue weighted by atomic mass is 32.2. The maximum absolute atomic E-state index is 12.9. The lowest BCUT2D eigenvalue weighted by Gasteiger charge is -2.11. The Balaban J connectivity index is 2.24. The average Bonchev–Trinajstić information content (AvgIpc) is 3.16. The van der Waals surface area contributed by atoms with Crippen LogP contribution in [0.4, 0.5) is 0 Å². The summed E-state index contributed by atoms with van der Waals surface area (Å²) in [5.74, 6) is -1.52. The number of allylic oxidation sites excluding steroid dienone is 4. The Morgan fingerprint density at radius 3 is 1.15 bits per heavy atom. The second kappa shape index (κ2) is 35.0. The second-order valence-electron chi connectivity index (χ2n) is 15.0. The fourth-order valence-electron chi connectivity index (χ4n) is 6.57. The molecule has 0 saturated carbocycles. The van der Waals surface area contributed by atoms with Gasteiger partial charge in [0.25, 0.3) is 10.1 Å². The van der Waals surface area contributed by atoms with Gasteiger partial charge in [-0.05, 0) is 82.4 Å². The van der Waals surface area contributed by atoms with Crippen molar-refractivity contribution in [3.05, 3.63) is 53.6 Å². The molecule has 0 amide bonds. The number of hydrogen-bond donors (Lipinski definition) is 1. The molecular formula is C46H78O7S. The molecule has 0 radical (unpaired) electrons. The van der Waals surface area contributed by atoms with Crippen molar-refractivity contribution in [1.29, 1.82) is 0 Å². The molecule has 0 atom stereocenters. The molecule has 0 aliphatic heterocycles. The molecule has 1 rings (SSSR count). The first-order chi connectivity index (χ1) is 26.3. The van der Waals surface area contributed by atoms with Crippen molar-refractivity contribution in [1.82, 2.24) is 0 Å². The van der Waals surface area contributed by atoms with Gasteiger partial charge >= 0.3 is 11.9 Å². The Bertz CT molecular complexity index is 1240. The van der Waals surface area contributed by atoms with E-state index in [2.05, 4.69) is 38.2 Å². The lowest BCUT2D eigenvalue weighted by molar-refractivity contribution is 0.0450. The molecule has 0 bridgehead atoms. The van der Waals surface area contributed by atoms with Crippen LogP contribution in [0.15, 0.2) is 47.4 Å². The minimum absolute atomic E-state index is 0.0706. The monoisotopic (exact) mass is 775 g/mol. The maximum atomic E-state index is 12.9. The first kappa shape index (κ1) is 49.6. The molecule has 0 aromatic heterocycles. The van der Waals surface area contributed by atoms with Gasteiger partial charge in [0.15, 0.2) is 0 Å². The van der Waals surface area contributed by atoms with Crippen LogP contribution in [0.1, 0.15) is 227 Å². The van der Waals surface area contributed by atoms with E-state index in [1.807, 2.05) is 0 Å². The molecule has 8 heteroatoms. The van der Waals surface area contributed by atoms with Crippen molar-refractivity contribution >= 4 is 22.1 Å². The van der Waals surface area contributed by atoms with Gasteiger partial charge in [-0.25, -0.2) is 9.59 Å². The Kier molecular flexibility index (Phi) is 32.1. The summed E-state index contributed by atoms with van der Waals surface area (Å²) in [5.41, 5.74) is -0.292. The van der Waals surface area contributed by atoms with E-state index in [-0.39, 0.29) is 24.3 Å². The molecule has 0 aliphatic rings. The summed E-state index contributed by atoms with van der Waals surface area (Å²) in [4.78, 5) is 25.4. The van der Waals surface area contributed by atoms with Crippen LogP contribution in [0, 0.1) is 0 Å². The van der Waals surface area contributed by atoms with Crippen LogP contribution in [0.5, 0.6) is 0 Å². The third-order valence-electron chi connectivity index (χ3n) is 10.0. The Morgan fingerprint density at radius 2 is 0.796 bits per heavy atom. The predicted molar refractivity (Wildman–Crippen MR) is 225 cm³/mol. The second-order valence-corrected chi connectivity index (χ2v) is 16.5. The van der Waals surface area contributed by atoms with E-state index in [4.69, 9.17) is 9.47 Å². The summed E-state index contributed by atoms with van der Waals surface area (Å²) in [6, 6.07) is 3.28. The van der Waals surface area contributed by atoms with Gasteiger partial charge in [0.2, 0.25) is 0 Å². The number of ether oxygens (including phenoxy) is 2. The lowest BCUT2D eigenvalue weighted by Crippen LogP contribution is -2.16. The Morgan fingerprint density at radius 1 is 0.481 bits per heavy atom. The molecule has 0 unspecified atom stereocenters. The molecule has 0 spiro atoms. The molecule has 54 heavy (non-hydrogen) atoms. The van der Waals surface area contributed by atoms with Gasteiger partial charge in [-0.1, -0.05) is 167 Å². The van der Waals surface area contributed by atoms with Crippen LogP contribution in [-0.4, -0.2) is 38.1 Å². The molecule has 1 aromatic carbocycles. The molecule has 0 saturated heterocycles. The lowest BCUT2D eigenvalue weighted by atomic mass is 10.1. The molecule has 310 valence electrons. The van der Waals surface area contributed by atoms with Crippen LogP contribution in [-0.2, 0) is 19.6 Å². The molecule has 0 heterocycles. The number of benzene rings is 1. The van der Waals surface area contributed by atoms with Gasteiger partial charge in [0, 0.05) is 0 Å². The standard InChI is InChI=1S/C46H78O7S/c1-3-5-7-9-11-13-15-17-19-21-23-25-27-29-31-33-35-39-52-45(47)43-38-37-42(54(49,50)51)41-44(43)46(48)53-40-36-34-32-30-28-26-24-22-20-18-16-14-12-10-8-6-4-2/h23-26,37-38,41H,3-22,27-36,39-40H2,1-2H3,(H,49,50,51)/b25-23+,26-24+. The third-order valence-corrected chi connectivity index (χ3v) is 10.9. The number of rotatable bonds is 37. The van der Waals surface area contributed by atoms with Crippen LogP contribution in [0.2, 0.25) is 0 Å². The van der Waals surface area contributed by atoms with E-state index in [0.717, 1.165) is 76.3 Å². The largest absolute Gasteiger partial charge is 0.462 e. The fourth-order valence-corrected chi connectivity index (χ4v) is 7.08. The van der Waals surface area contributed by atoms with Gasteiger partial charge in [0.1, 0.15) is 0 Å². The zero-order valence-electron chi connectivity index (χ0n) is 34.5. The minimum atomic E-state index is -4.57. The van der Waals surface area contributed by atoms with Crippen LogP contribution < -0.4 is 0 Å². The summed E-state index contributed by atoms with van der Waals surface area (Å²) in [6.45, 7) is 4.88. The zero-order chi connectivity index (χ0) is 39.4. The van der Waals surface area contributed by atoms with E-state index in [9.17, 15) is 22.6 Å². The Labute approximate surface area is 331 Å². The molecule has 1 N–H and O–H groups in total. The van der Waals surface area contributed by atoms with E-state index < -0.39 is 27.0 Å². The van der Waals surface area contributed by atoms with Crippen LogP contribution in [0.3, 0.4) is 0 Å². The van der Waals surface area contributed by atoms with Crippen molar-refractivity contribution in [2.75, 3.05) is 13.2 Å². The number of carbonyl (C=O) groups excluding carboxylic acids is 2. The smallest absolute Gasteiger partial charge is 0.339 e. The first-order valence-corrected chi connectivity index (χ1v) is 23.5. The summed E-state index contributed by atoms with van der Waals surface area (Å²) < 4.78 is 43.9. The summed E-state index contributed by atoms with van der Waals surface area (Å²) in [6.07, 6.45) is 45.2. The van der Waals surface area contributed by atoms with Crippen molar-refractivity contribution in [2.45, 2.75) is 211 Å². The van der Waals surface area contributed by atoms with E-state index in [1.165, 1.54) is 122 Å². The van der Waals surface area contributed by atoms with Gasteiger partial charge in [-0.15, -0.1) is 0 Å². The van der Waals surface area contributed by atoms with E-state index in [1.54, 1.807) is 0 Å². The highest BCUT2D eigenvalue weighted by Gasteiger charge is 2.23. The molecule has 0 fully saturated rings. The average molecular weight is 775 g/mol. The SMILES string of the molecule is CCCCCCCCCCC/C=C/CCCCCCOC(=O)c1ccc(S(=O)(=O)O)cc1C(=O)OCCCCCC/C=C/CCCCCCCCCCC. The van der Waals surface area contributed by atoms with Crippen LogP contribution >= 0.6 is 0 Å². The Hall–Kier alpha value is -2.45. The first-order valence-electron chi connectivity index (χ1n) is 22.1. The molecule has 0 aliphatic carbocycles. The summed E-state index contributed by atoms with van der Waals surface area (Å²) in [5, 5.41) is 0. The normalized spacial score (nSPS) is 11.9. The van der Waals surface area contributed by atoms with Gasteiger partial charge in [0.05, 0.1) is 29.2 Å². The van der Waals surface area contributed by atoms with Crippen molar-refractivity contribution in [2.24, 2.45) is 0 Å². The van der Waals surface area contributed by atoms with Crippen molar-refractivity contribution < 1.29 is 32.0 Å². The predicted octanol–water partition coefficient (Wildman–Crippen LogP) is 14.1.